The summed E-state index contributed by atoms with van der Waals surface area (Å²) < 4.78 is 57.4. The van der Waals surface area contributed by atoms with Crippen LogP contribution in [0.25, 0.3) is 0 Å². The summed E-state index contributed by atoms with van der Waals surface area (Å²) in [4.78, 5) is 0. The van der Waals surface area contributed by atoms with Crippen molar-refractivity contribution in [3.63, 3.8) is 0 Å². The van der Waals surface area contributed by atoms with Crippen LogP contribution in [0.5, 0.6) is 5.75 Å². The van der Waals surface area contributed by atoms with Gasteiger partial charge in [-0.05, 0) is 54.7 Å². The molecule has 0 amide bonds. The van der Waals surface area contributed by atoms with E-state index < -0.39 is 18.8 Å². The van der Waals surface area contributed by atoms with E-state index in [0.29, 0.717) is 23.6 Å². The number of halogens is 5. The maximum Gasteiger partial charge on any atom is 0.395 e. The van der Waals surface area contributed by atoms with E-state index in [1.54, 1.807) is 18.2 Å². The van der Waals surface area contributed by atoms with Gasteiger partial charge in [0, 0.05) is 5.02 Å². The highest BCUT2D eigenvalue weighted by molar-refractivity contribution is 6.30. The number of alkyl halides is 4. The highest BCUT2D eigenvalue weighted by Crippen LogP contribution is 2.38. The number of benzene rings is 2. The van der Waals surface area contributed by atoms with Crippen molar-refractivity contribution in [2.24, 2.45) is 0 Å². The molecule has 0 aliphatic rings. The van der Waals surface area contributed by atoms with Crippen LogP contribution in [0.3, 0.4) is 0 Å². The zero-order valence-electron chi connectivity index (χ0n) is 13.5. The highest BCUT2D eigenvalue weighted by atomic mass is 35.5. The molecule has 0 radical (unpaired) electrons. The molecular formula is C19H19ClF4O. The molecule has 0 fully saturated rings. The van der Waals surface area contributed by atoms with Gasteiger partial charge in [-0.15, -0.1) is 0 Å². The first kappa shape index (κ1) is 19.6. The third kappa shape index (κ3) is 6.24. The molecule has 1 atom stereocenters. The highest BCUT2D eigenvalue weighted by Gasteiger charge is 2.39. The van der Waals surface area contributed by atoms with Gasteiger partial charge in [0.15, 0.2) is 0 Å². The van der Waals surface area contributed by atoms with Gasteiger partial charge in [-0.25, -0.2) is 4.39 Å². The van der Waals surface area contributed by atoms with Gasteiger partial charge in [0.25, 0.3) is 0 Å². The average molecular weight is 375 g/mol. The van der Waals surface area contributed by atoms with Crippen molar-refractivity contribution in [2.75, 3.05) is 13.3 Å². The lowest BCUT2D eigenvalue weighted by atomic mass is 9.92. The Bertz CT molecular complexity index is 655. The molecule has 2 aromatic carbocycles. The third-order valence-electron chi connectivity index (χ3n) is 3.87. The Hall–Kier alpha value is -1.75. The standard InChI is InChI=1S/C19H19ClF4O/c20-16-9-7-15(8-10-16)18(19(22,23)24)6-2-4-14-3-1-5-17(13-14)25-12-11-21/h1,3,5,7-10,13,18H,2,4,6,11-12H2. The maximum atomic E-state index is 13.3. The minimum atomic E-state index is -4.31. The van der Waals surface area contributed by atoms with Crippen LogP contribution in [0.4, 0.5) is 17.6 Å². The molecule has 0 aliphatic carbocycles. The van der Waals surface area contributed by atoms with Crippen LogP contribution in [-0.2, 0) is 6.42 Å². The molecule has 0 saturated heterocycles. The lowest BCUT2D eigenvalue weighted by molar-refractivity contribution is -0.152. The van der Waals surface area contributed by atoms with Crippen molar-refractivity contribution in [2.45, 2.75) is 31.4 Å². The molecule has 6 heteroatoms. The summed E-state index contributed by atoms with van der Waals surface area (Å²) >= 11 is 5.75. The Morgan fingerprint density at radius 3 is 2.40 bits per heavy atom. The van der Waals surface area contributed by atoms with Gasteiger partial charge in [-0.1, -0.05) is 35.9 Å². The average Bonchev–Trinajstić information content (AvgIpc) is 2.57. The molecule has 0 heterocycles. The van der Waals surface area contributed by atoms with E-state index in [9.17, 15) is 17.6 Å². The summed E-state index contributed by atoms with van der Waals surface area (Å²) in [6.07, 6.45) is -3.45. The van der Waals surface area contributed by atoms with Gasteiger partial charge in [-0.2, -0.15) is 13.2 Å². The maximum absolute atomic E-state index is 13.3. The number of rotatable bonds is 8. The van der Waals surface area contributed by atoms with Gasteiger partial charge in [0.1, 0.15) is 19.0 Å². The summed E-state index contributed by atoms with van der Waals surface area (Å²) in [7, 11) is 0. The fourth-order valence-corrected chi connectivity index (χ4v) is 2.80. The fourth-order valence-electron chi connectivity index (χ4n) is 2.67. The predicted molar refractivity (Wildman–Crippen MR) is 91.1 cm³/mol. The molecule has 1 unspecified atom stereocenters. The number of ether oxygens (including phenoxy) is 1. The lowest BCUT2D eigenvalue weighted by Gasteiger charge is -2.21. The number of hydrogen-bond donors (Lipinski definition) is 0. The summed E-state index contributed by atoms with van der Waals surface area (Å²) in [6.45, 7) is -0.616. The van der Waals surface area contributed by atoms with E-state index in [1.165, 1.54) is 24.3 Å². The van der Waals surface area contributed by atoms with Gasteiger partial charge < -0.3 is 4.74 Å². The minimum absolute atomic E-state index is 0.0132. The third-order valence-corrected chi connectivity index (χ3v) is 4.12. The molecular weight excluding hydrogens is 356 g/mol. The van der Waals surface area contributed by atoms with E-state index in [4.69, 9.17) is 16.3 Å². The zero-order chi connectivity index (χ0) is 18.3. The largest absolute Gasteiger partial charge is 0.491 e. The Morgan fingerprint density at radius 2 is 1.76 bits per heavy atom. The summed E-state index contributed by atoms with van der Waals surface area (Å²) in [5.41, 5.74) is 1.09. The first-order valence-corrected chi connectivity index (χ1v) is 8.38. The number of hydrogen-bond acceptors (Lipinski definition) is 1. The predicted octanol–water partition coefficient (Wildman–Crippen LogP) is 6.36. The van der Waals surface area contributed by atoms with E-state index in [-0.39, 0.29) is 18.6 Å². The molecule has 1 nitrogen and oxygen atoms in total. The van der Waals surface area contributed by atoms with E-state index in [1.807, 2.05) is 6.07 Å². The second-order valence-electron chi connectivity index (χ2n) is 5.72. The molecule has 0 saturated carbocycles. The van der Waals surface area contributed by atoms with Crippen molar-refractivity contribution in [1.82, 2.24) is 0 Å². The van der Waals surface area contributed by atoms with E-state index >= 15 is 0 Å². The Kier molecular flexibility index (Phi) is 7.12. The van der Waals surface area contributed by atoms with Crippen molar-refractivity contribution in [3.8, 4) is 5.75 Å². The van der Waals surface area contributed by atoms with Crippen molar-refractivity contribution >= 4 is 11.6 Å². The molecule has 0 N–H and O–H groups in total. The van der Waals surface area contributed by atoms with Crippen molar-refractivity contribution < 1.29 is 22.3 Å². The topological polar surface area (TPSA) is 9.23 Å². The Morgan fingerprint density at radius 1 is 1.04 bits per heavy atom. The summed E-state index contributed by atoms with van der Waals surface area (Å²) in [6, 6.07) is 12.8. The van der Waals surface area contributed by atoms with Gasteiger partial charge in [0.2, 0.25) is 0 Å². The molecule has 0 aromatic heterocycles. The lowest BCUT2D eigenvalue weighted by Crippen LogP contribution is -2.21. The van der Waals surface area contributed by atoms with Crippen LogP contribution >= 0.6 is 11.6 Å². The SMILES string of the molecule is FCCOc1cccc(CCCC(c2ccc(Cl)cc2)C(F)(F)F)c1. The zero-order valence-corrected chi connectivity index (χ0v) is 14.3. The molecule has 0 spiro atoms. The van der Waals surface area contributed by atoms with Crippen LogP contribution in [-0.4, -0.2) is 19.5 Å². The Labute approximate surface area is 149 Å². The normalized spacial score (nSPS) is 12.8. The molecule has 2 aromatic rings. The van der Waals surface area contributed by atoms with Crippen LogP contribution in [0, 0.1) is 0 Å². The smallest absolute Gasteiger partial charge is 0.395 e. The second-order valence-corrected chi connectivity index (χ2v) is 6.16. The van der Waals surface area contributed by atoms with Gasteiger partial charge in [0.05, 0.1) is 5.92 Å². The second kappa shape index (κ2) is 9.09. The fraction of sp³-hybridized carbons (Fsp3) is 0.368. The van der Waals surface area contributed by atoms with E-state index in [0.717, 1.165) is 5.56 Å². The number of aryl methyl sites for hydroxylation is 1. The van der Waals surface area contributed by atoms with Crippen LogP contribution in [0.15, 0.2) is 48.5 Å². The van der Waals surface area contributed by atoms with Gasteiger partial charge >= 0.3 is 6.18 Å². The van der Waals surface area contributed by atoms with Crippen LogP contribution in [0.2, 0.25) is 5.02 Å². The molecule has 136 valence electrons. The monoisotopic (exact) mass is 374 g/mol. The van der Waals surface area contributed by atoms with Crippen molar-refractivity contribution in [3.05, 3.63) is 64.7 Å². The first-order chi connectivity index (χ1) is 11.9. The quantitative estimate of drug-likeness (QED) is 0.489. The molecule has 2 rings (SSSR count). The van der Waals surface area contributed by atoms with E-state index in [2.05, 4.69) is 0 Å². The molecule has 25 heavy (non-hydrogen) atoms. The summed E-state index contributed by atoms with van der Waals surface area (Å²) in [5, 5.41) is 0.412. The van der Waals surface area contributed by atoms with Crippen LogP contribution < -0.4 is 4.74 Å². The molecule has 0 aliphatic heterocycles. The molecule has 0 bridgehead atoms. The Balaban J connectivity index is 1.98. The summed E-state index contributed by atoms with van der Waals surface area (Å²) in [5.74, 6) is -0.990. The van der Waals surface area contributed by atoms with Crippen LogP contribution in [0.1, 0.15) is 29.9 Å². The van der Waals surface area contributed by atoms with Crippen molar-refractivity contribution in [1.29, 1.82) is 0 Å². The minimum Gasteiger partial charge on any atom is -0.491 e. The first-order valence-electron chi connectivity index (χ1n) is 8.00. The van der Waals surface area contributed by atoms with Gasteiger partial charge in [-0.3, -0.25) is 0 Å².